The van der Waals surface area contributed by atoms with Gasteiger partial charge in [0.25, 0.3) is 0 Å². The minimum atomic E-state index is -0.310. The van der Waals surface area contributed by atoms with Crippen molar-refractivity contribution in [2.45, 2.75) is 71.6 Å². The lowest BCUT2D eigenvalue weighted by atomic mass is 9.82. The second-order valence-electron chi connectivity index (χ2n) is 7.46. The molecule has 0 heterocycles. The van der Waals surface area contributed by atoms with Crippen molar-refractivity contribution < 1.29 is 13.9 Å². The first kappa shape index (κ1) is 22.8. The molecule has 0 bridgehead atoms. The summed E-state index contributed by atoms with van der Waals surface area (Å²) in [5.74, 6) is 0.574. The van der Waals surface area contributed by atoms with Crippen LogP contribution in [0.15, 0.2) is 28.7 Å². The molecule has 0 aliphatic heterocycles. The summed E-state index contributed by atoms with van der Waals surface area (Å²) in [5.41, 5.74) is 3.54. The molecule has 0 spiro atoms. The molecule has 0 fully saturated rings. The number of hydrogen-bond donors (Lipinski definition) is 0. The predicted molar refractivity (Wildman–Crippen MR) is 109 cm³/mol. The quantitative estimate of drug-likeness (QED) is 0.271. The summed E-state index contributed by atoms with van der Waals surface area (Å²) in [6.07, 6.45) is 3.15. The van der Waals surface area contributed by atoms with Gasteiger partial charge < -0.3 is 4.74 Å². The van der Waals surface area contributed by atoms with Crippen molar-refractivity contribution in [2.24, 2.45) is 5.92 Å². The van der Waals surface area contributed by atoms with E-state index in [-0.39, 0.29) is 23.5 Å². The first-order chi connectivity index (χ1) is 12.2. The maximum atomic E-state index is 14.7. The summed E-state index contributed by atoms with van der Waals surface area (Å²) in [4.78, 5) is 12.1. The van der Waals surface area contributed by atoms with Crippen molar-refractivity contribution >= 4 is 17.7 Å². The van der Waals surface area contributed by atoms with E-state index in [4.69, 9.17) is 4.74 Å². The Morgan fingerprint density at radius 1 is 1.19 bits per heavy atom. The average molecular weight is 381 g/mol. The summed E-state index contributed by atoms with van der Waals surface area (Å²) in [6, 6.07) is 3.61. The largest absolute Gasteiger partial charge is 0.465 e. The molecular formula is C22H33FO2S. The van der Waals surface area contributed by atoms with Gasteiger partial charge in [-0.15, -0.1) is 11.8 Å². The van der Waals surface area contributed by atoms with Gasteiger partial charge in [-0.05, 0) is 68.2 Å². The van der Waals surface area contributed by atoms with E-state index in [0.29, 0.717) is 23.3 Å². The molecular weight excluding hydrogens is 347 g/mol. The fraction of sp³-hybridized carbons (Fsp3) is 0.591. The molecule has 4 heteroatoms. The standard InChI is InChI=1S/C22H33FO2S/c1-8-25-22(24)13-26-21-12-18(16(6)10-9-14(2)3)19(11-20(21)23)17(7)15(4)5/h9,11-12,15-17H,8,10,13H2,1-7H3. The SMILES string of the molecule is CCOC(=O)CSc1cc(C(C)CC=C(C)C)c(C(C)C(C)C)cc1F. The number of esters is 1. The third kappa shape index (κ3) is 6.79. The number of rotatable bonds is 9. The molecule has 0 aromatic heterocycles. The van der Waals surface area contributed by atoms with Crippen LogP contribution in [0, 0.1) is 11.7 Å². The molecule has 146 valence electrons. The van der Waals surface area contributed by atoms with E-state index in [1.807, 2.05) is 6.07 Å². The Balaban J connectivity index is 3.20. The van der Waals surface area contributed by atoms with Gasteiger partial charge in [0.2, 0.25) is 0 Å². The smallest absolute Gasteiger partial charge is 0.316 e. The van der Waals surface area contributed by atoms with E-state index < -0.39 is 0 Å². The van der Waals surface area contributed by atoms with Crippen LogP contribution in [0.25, 0.3) is 0 Å². The van der Waals surface area contributed by atoms with Crippen molar-refractivity contribution in [3.63, 3.8) is 0 Å². The summed E-state index contributed by atoms with van der Waals surface area (Å²) in [6.45, 7) is 15.0. The lowest BCUT2D eigenvalue weighted by Crippen LogP contribution is -2.10. The number of ether oxygens (including phenoxy) is 1. The van der Waals surface area contributed by atoms with Crippen molar-refractivity contribution in [3.05, 3.63) is 40.7 Å². The van der Waals surface area contributed by atoms with Gasteiger partial charge in [0.15, 0.2) is 0 Å². The molecule has 0 aliphatic rings. The second-order valence-corrected chi connectivity index (χ2v) is 8.47. The normalized spacial score (nSPS) is 13.4. The average Bonchev–Trinajstić information content (AvgIpc) is 2.57. The molecule has 0 saturated carbocycles. The molecule has 0 saturated heterocycles. The first-order valence-electron chi connectivity index (χ1n) is 9.42. The van der Waals surface area contributed by atoms with Crippen molar-refractivity contribution in [2.75, 3.05) is 12.4 Å². The van der Waals surface area contributed by atoms with Gasteiger partial charge in [-0.3, -0.25) is 4.79 Å². The van der Waals surface area contributed by atoms with Crippen LogP contribution in [0.3, 0.4) is 0 Å². The molecule has 0 radical (unpaired) electrons. The summed E-state index contributed by atoms with van der Waals surface area (Å²) in [5, 5.41) is 0. The highest BCUT2D eigenvalue weighted by molar-refractivity contribution is 8.00. The van der Waals surface area contributed by atoms with E-state index in [9.17, 15) is 9.18 Å². The monoisotopic (exact) mass is 380 g/mol. The Morgan fingerprint density at radius 2 is 1.85 bits per heavy atom. The van der Waals surface area contributed by atoms with Gasteiger partial charge in [0.1, 0.15) is 5.82 Å². The van der Waals surface area contributed by atoms with Gasteiger partial charge in [0.05, 0.1) is 12.4 Å². The molecule has 2 atom stereocenters. The van der Waals surface area contributed by atoms with Crippen molar-refractivity contribution in [3.8, 4) is 0 Å². The Hall–Kier alpha value is -1.29. The molecule has 0 N–H and O–H groups in total. The highest BCUT2D eigenvalue weighted by Crippen LogP contribution is 2.37. The molecule has 1 rings (SSSR count). The number of benzene rings is 1. The zero-order chi connectivity index (χ0) is 19.9. The van der Waals surface area contributed by atoms with E-state index in [2.05, 4.69) is 47.6 Å². The number of hydrogen-bond acceptors (Lipinski definition) is 3. The number of thioether (sulfide) groups is 1. The van der Waals surface area contributed by atoms with Crippen molar-refractivity contribution in [1.82, 2.24) is 0 Å². The number of allylic oxidation sites excluding steroid dienone is 2. The Kier molecular flexibility index (Phi) is 9.42. The van der Waals surface area contributed by atoms with E-state index >= 15 is 0 Å². The summed E-state index contributed by atoms with van der Waals surface area (Å²) in [7, 11) is 0. The van der Waals surface area contributed by atoms with E-state index in [1.54, 1.807) is 13.0 Å². The molecule has 0 amide bonds. The highest BCUT2D eigenvalue weighted by Gasteiger charge is 2.21. The Bertz CT molecular complexity index is 633. The van der Waals surface area contributed by atoms with Gasteiger partial charge in [-0.1, -0.05) is 39.3 Å². The van der Waals surface area contributed by atoms with Crippen LogP contribution in [-0.2, 0) is 9.53 Å². The maximum Gasteiger partial charge on any atom is 0.316 e. The third-order valence-corrected chi connectivity index (χ3v) is 5.69. The highest BCUT2D eigenvalue weighted by atomic mass is 32.2. The minimum absolute atomic E-state index is 0.131. The zero-order valence-corrected chi connectivity index (χ0v) is 18.0. The van der Waals surface area contributed by atoms with Gasteiger partial charge in [0, 0.05) is 4.90 Å². The van der Waals surface area contributed by atoms with E-state index in [0.717, 1.165) is 12.0 Å². The lowest BCUT2D eigenvalue weighted by Gasteiger charge is -2.24. The van der Waals surface area contributed by atoms with Crippen LogP contribution in [-0.4, -0.2) is 18.3 Å². The summed E-state index contributed by atoms with van der Waals surface area (Å²) >= 11 is 1.21. The van der Waals surface area contributed by atoms with Gasteiger partial charge in [-0.25, -0.2) is 4.39 Å². The molecule has 26 heavy (non-hydrogen) atoms. The fourth-order valence-electron chi connectivity index (χ4n) is 2.75. The Labute approximate surface area is 162 Å². The second kappa shape index (κ2) is 10.8. The topological polar surface area (TPSA) is 26.3 Å². The molecule has 2 nitrogen and oxygen atoms in total. The minimum Gasteiger partial charge on any atom is -0.465 e. The summed E-state index contributed by atoms with van der Waals surface area (Å²) < 4.78 is 19.6. The van der Waals surface area contributed by atoms with Crippen LogP contribution >= 0.6 is 11.8 Å². The van der Waals surface area contributed by atoms with Gasteiger partial charge >= 0.3 is 5.97 Å². The third-order valence-electron chi connectivity index (χ3n) is 4.69. The molecule has 2 unspecified atom stereocenters. The predicted octanol–water partition coefficient (Wildman–Crippen LogP) is 6.70. The van der Waals surface area contributed by atoms with Crippen LogP contribution < -0.4 is 0 Å². The number of halogens is 1. The lowest BCUT2D eigenvalue weighted by molar-refractivity contribution is -0.139. The number of carbonyl (C=O) groups excluding carboxylic acids is 1. The molecule has 0 aliphatic carbocycles. The fourth-order valence-corrected chi connectivity index (χ4v) is 3.52. The Morgan fingerprint density at radius 3 is 2.38 bits per heavy atom. The number of carbonyl (C=O) groups is 1. The van der Waals surface area contributed by atoms with Crippen LogP contribution in [0.2, 0.25) is 0 Å². The van der Waals surface area contributed by atoms with Crippen molar-refractivity contribution in [1.29, 1.82) is 0 Å². The maximum absolute atomic E-state index is 14.7. The first-order valence-corrected chi connectivity index (χ1v) is 10.4. The van der Waals surface area contributed by atoms with Gasteiger partial charge in [-0.2, -0.15) is 0 Å². The molecule has 1 aromatic rings. The van der Waals surface area contributed by atoms with Crippen LogP contribution in [0.4, 0.5) is 4.39 Å². The molecule has 1 aromatic carbocycles. The van der Waals surface area contributed by atoms with Crippen LogP contribution in [0.5, 0.6) is 0 Å². The zero-order valence-electron chi connectivity index (χ0n) is 17.2. The van der Waals surface area contributed by atoms with Crippen LogP contribution in [0.1, 0.15) is 77.8 Å². The van der Waals surface area contributed by atoms with E-state index in [1.165, 1.54) is 22.9 Å².